The van der Waals surface area contributed by atoms with Gasteiger partial charge in [-0.1, -0.05) is 69.6 Å². The van der Waals surface area contributed by atoms with Crippen LogP contribution >= 0.6 is 0 Å². The minimum absolute atomic E-state index is 0.282. The van der Waals surface area contributed by atoms with E-state index in [2.05, 4.69) is 18.7 Å². The highest BCUT2D eigenvalue weighted by atomic mass is 16.4. The van der Waals surface area contributed by atoms with Crippen LogP contribution in [-0.4, -0.2) is 22.8 Å². The van der Waals surface area contributed by atoms with E-state index in [-0.39, 0.29) is 6.61 Å². The molecule has 0 aliphatic carbocycles. The van der Waals surface area contributed by atoms with E-state index < -0.39 is 5.97 Å². The molecule has 0 amide bonds. The summed E-state index contributed by atoms with van der Waals surface area (Å²) in [5, 5.41) is 16.0. The Morgan fingerprint density at radius 1 is 0.783 bits per heavy atom. The van der Waals surface area contributed by atoms with Gasteiger partial charge in [0.25, 0.3) is 5.97 Å². The highest BCUT2D eigenvalue weighted by Gasteiger charge is 1.92. The molecule has 3 nitrogen and oxygen atoms in total. The van der Waals surface area contributed by atoms with Gasteiger partial charge in [0.15, 0.2) is 0 Å². The molecule has 0 aromatic heterocycles. The fraction of sp³-hybridized carbons (Fsp3) is 0.750. The summed E-state index contributed by atoms with van der Waals surface area (Å²) >= 11 is 0. The molecule has 0 radical (unpaired) electrons. The molecule has 0 fully saturated rings. The fourth-order valence-corrected chi connectivity index (χ4v) is 2.28. The van der Waals surface area contributed by atoms with Crippen molar-refractivity contribution in [2.24, 2.45) is 0 Å². The Morgan fingerprint density at radius 3 is 1.52 bits per heavy atom. The van der Waals surface area contributed by atoms with Gasteiger partial charge in [0.2, 0.25) is 0 Å². The number of rotatable bonds is 15. The van der Waals surface area contributed by atoms with Gasteiger partial charge in [-0.3, -0.25) is 4.79 Å². The highest BCUT2D eigenvalue weighted by Crippen LogP contribution is 2.12. The maximum atomic E-state index is 9.00. The van der Waals surface area contributed by atoms with Crippen LogP contribution in [0.15, 0.2) is 24.8 Å². The van der Waals surface area contributed by atoms with Crippen LogP contribution in [0, 0.1) is 0 Å². The maximum Gasteiger partial charge on any atom is 0.300 e. The molecule has 0 aromatic carbocycles. The van der Waals surface area contributed by atoms with Crippen molar-refractivity contribution >= 4 is 5.97 Å². The van der Waals surface area contributed by atoms with E-state index in [1.807, 2.05) is 6.08 Å². The summed E-state index contributed by atoms with van der Waals surface area (Å²) in [6, 6.07) is 0. The van der Waals surface area contributed by atoms with Crippen molar-refractivity contribution in [2.45, 2.75) is 90.4 Å². The lowest BCUT2D eigenvalue weighted by atomic mass is 10.1. The first kappa shape index (κ1) is 24.2. The predicted molar refractivity (Wildman–Crippen MR) is 99.8 cm³/mol. The first-order valence-electron chi connectivity index (χ1n) is 9.21. The zero-order valence-electron chi connectivity index (χ0n) is 15.1. The lowest BCUT2D eigenvalue weighted by Crippen LogP contribution is -1.82. The second-order valence-electron chi connectivity index (χ2n) is 5.90. The summed E-state index contributed by atoms with van der Waals surface area (Å²) in [6.07, 6.45) is 23.4. The number of allylic oxidation sites excluding steroid dienone is 2. The zero-order valence-corrected chi connectivity index (χ0v) is 15.1. The molecule has 0 aromatic rings. The lowest BCUT2D eigenvalue weighted by molar-refractivity contribution is -0.134. The monoisotopic (exact) mass is 326 g/mol. The Balaban J connectivity index is 0. The maximum absolute atomic E-state index is 9.00. The topological polar surface area (TPSA) is 57.5 Å². The molecule has 0 saturated carbocycles. The van der Waals surface area contributed by atoms with Gasteiger partial charge in [-0.15, -0.1) is 6.58 Å². The lowest BCUT2D eigenvalue weighted by Gasteiger charge is -2.01. The summed E-state index contributed by atoms with van der Waals surface area (Å²) in [5.74, 6) is -0.833. The Morgan fingerprint density at radius 2 is 1.13 bits per heavy atom. The van der Waals surface area contributed by atoms with E-state index in [0.717, 1.165) is 13.3 Å². The number of hydrogen-bond acceptors (Lipinski definition) is 2. The van der Waals surface area contributed by atoms with Gasteiger partial charge in [-0.25, -0.2) is 0 Å². The van der Waals surface area contributed by atoms with Crippen molar-refractivity contribution in [1.29, 1.82) is 0 Å². The quantitative estimate of drug-likeness (QED) is 0.292. The normalized spacial score (nSPS) is 10.3. The fourth-order valence-electron chi connectivity index (χ4n) is 2.28. The van der Waals surface area contributed by atoms with Crippen molar-refractivity contribution in [3.05, 3.63) is 24.8 Å². The van der Waals surface area contributed by atoms with Gasteiger partial charge >= 0.3 is 0 Å². The summed E-state index contributed by atoms with van der Waals surface area (Å²) in [4.78, 5) is 9.00. The summed E-state index contributed by atoms with van der Waals surface area (Å²) < 4.78 is 0. The molecule has 136 valence electrons. The van der Waals surface area contributed by atoms with Crippen LogP contribution < -0.4 is 0 Å². The van der Waals surface area contributed by atoms with Gasteiger partial charge in [-0.05, 0) is 32.1 Å². The van der Waals surface area contributed by atoms with Gasteiger partial charge in [0.1, 0.15) is 0 Å². The molecule has 0 unspecified atom stereocenters. The molecule has 0 spiro atoms. The summed E-state index contributed by atoms with van der Waals surface area (Å²) in [7, 11) is 0. The highest BCUT2D eigenvalue weighted by molar-refractivity contribution is 5.62. The number of aliphatic hydroxyl groups is 1. The molecule has 0 rings (SSSR count). The largest absolute Gasteiger partial charge is 0.481 e. The number of unbranched alkanes of at least 4 members (excludes halogenated alkanes) is 11. The van der Waals surface area contributed by atoms with Crippen LogP contribution in [0.4, 0.5) is 0 Å². The molecule has 2 N–H and O–H groups in total. The van der Waals surface area contributed by atoms with Gasteiger partial charge in [0.05, 0.1) is 0 Å². The van der Waals surface area contributed by atoms with E-state index in [1.54, 1.807) is 0 Å². The molecule has 23 heavy (non-hydrogen) atoms. The van der Waals surface area contributed by atoms with Gasteiger partial charge in [0, 0.05) is 13.5 Å². The van der Waals surface area contributed by atoms with Crippen molar-refractivity contribution in [3.63, 3.8) is 0 Å². The van der Waals surface area contributed by atoms with E-state index >= 15 is 0 Å². The third kappa shape index (κ3) is 33.6. The second-order valence-corrected chi connectivity index (χ2v) is 5.90. The third-order valence-electron chi connectivity index (χ3n) is 3.49. The molecule has 0 aliphatic heterocycles. The Labute approximate surface area is 143 Å². The second kappa shape index (κ2) is 23.2. The Kier molecular flexibility index (Phi) is 24.4. The van der Waals surface area contributed by atoms with Crippen molar-refractivity contribution < 1.29 is 15.0 Å². The minimum atomic E-state index is -0.833. The van der Waals surface area contributed by atoms with E-state index in [1.165, 1.54) is 77.0 Å². The van der Waals surface area contributed by atoms with Crippen molar-refractivity contribution in [3.8, 4) is 0 Å². The molecule has 3 heteroatoms. The molecule has 0 atom stereocenters. The summed E-state index contributed by atoms with van der Waals surface area (Å²) in [5.41, 5.74) is 0. The zero-order chi connectivity index (χ0) is 17.6. The number of aliphatic carboxylic acids is 1. The third-order valence-corrected chi connectivity index (χ3v) is 3.49. The van der Waals surface area contributed by atoms with E-state index in [0.29, 0.717) is 0 Å². The van der Waals surface area contributed by atoms with Gasteiger partial charge < -0.3 is 10.2 Å². The van der Waals surface area contributed by atoms with Crippen molar-refractivity contribution in [2.75, 3.05) is 6.61 Å². The standard InChI is InChI=1S/C18H34O.C2H4O2/c1-2-3-4-5-6-7-8-9-10-11-12-13-14-15-16-17-18-19;1-2(3)4/h2,15-16,19H,1,3-14,17-18H2;1H3,(H,3,4)/b16-15-;. The Hall–Kier alpha value is -1.09. The molecular weight excluding hydrogens is 288 g/mol. The predicted octanol–water partition coefficient (Wildman–Crippen LogP) is 5.88. The first-order chi connectivity index (χ1) is 11.1. The molecule has 0 heterocycles. The van der Waals surface area contributed by atoms with Crippen LogP contribution in [0.2, 0.25) is 0 Å². The Bertz CT molecular complexity index is 268. The van der Waals surface area contributed by atoms with Gasteiger partial charge in [-0.2, -0.15) is 0 Å². The molecular formula is C20H38O3. The van der Waals surface area contributed by atoms with Crippen LogP contribution in [0.3, 0.4) is 0 Å². The number of aliphatic hydroxyl groups excluding tert-OH is 1. The minimum Gasteiger partial charge on any atom is -0.481 e. The average Bonchev–Trinajstić information content (AvgIpc) is 2.50. The van der Waals surface area contributed by atoms with Crippen LogP contribution in [-0.2, 0) is 4.79 Å². The smallest absolute Gasteiger partial charge is 0.300 e. The van der Waals surface area contributed by atoms with E-state index in [9.17, 15) is 0 Å². The molecule has 0 saturated heterocycles. The number of carbonyl (C=O) groups is 1. The SMILES string of the molecule is C=CCCCCCCCCCCCC/C=C\CCO.CC(=O)O. The van der Waals surface area contributed by atoms with E-state index in [4.69, 9.17) is 15.0 Å². The summed E-state index contributed by atoms with van der Waals surface area (Å²) in [6.45, 7) is 5.11. The first-order valence-corrected chi connectivity index (χ1v) is 9.21. The average molecular weight is 327 g/mol. The molecule has 0 bridgehead atoms. The van der Waals surface area contributed by atoms with Crippen LogP contribution in [0.5, 0.6) is 0 Å². The van der Waals surface area contributed by atoms with Crippen LogP contribution in [0.25, 0.3) is 0 Å². The van der Waals surface area contributed by atoms with Crippen LogP contribution in [0.1, 0.15) is 90.4 Å². The molecule has 0 aliphatic rings. The van der Waals surface area contributed by atoms with Crippen molar-refractivity contribution in [1.82, 2.24) is 0 Å². The number of hydrogen-bond donors (Lipinski definition) is 2. The number of carboxylic acids is 1. The number of carboxylic acid groups (broad SMARTS) is 1.